The SMILES string of the molecule is COc1cncc(C(CN(C)C)NN)c1. The number of nitrogens with zero attached hydrogens (tertiary/aromatic N) is 2. The van der Waals surface area contributed by atoms with Crippen molar-refractivity contribution in [3.63, 3.8) is 0 Å². The summed E-state index contributed by atoms with van der Waals surface area (Å²) >= 11 is 0. The maximum absolute atomic E-state index is 5.50. The number of hydrazine groups is 1. The Morgan fingerprint density at radius 1 is 1.53 bits per heavy atom. The van der Waals surface area contributed by atoms with E-state index in [1.165, 1.54) is 0 Å². The Balaban J connectivity index is 2.81. The van der Waals surface area contributed by atoms with E-state index in [-0.39, 0.29) is 6.04 Å². The summed E-state index contributed by atoms with van der Waals surface area (Å²) in [5.74, 6) is 6.24. The number of hydrogen-bond acceptors (Lipinski definition) is 5. The Kier molecular flexibility index (Phi) is 4.48. The number of nitrogens with two attached hydrogens (primary N) is 1. The molecule has 1 aromatic heterocycles. The molecule has 1 unspecified atom stereocenters. The standard InChI is InChI=1S/C10H18N4O/c1-14(2)7-10(13-11)8-4-9(15-3)6-12-5-8/h4-6,10,13H,7,11H2,1-3H3. The second kappa shape index (κ2) is 5.65. The zero-order valence-corrected chi connectivity index (χ0v) is 9.40. The van der Waals surface area contributed by atoms with Gasteiger partial charge in [-0.25, -0.2) is 0 Å². The quantitative estimate of drug-likeness (QED) is 0.535. The summed E-state index contributed by atoms with van der Waals surface area (Å²) in [6, 6.07) is 1.99. The average molecular weight is 210 g/mol. The molecule has 84 valence electrons. The highest BCUT2D eigenvalue weighted by Gasteiger charge is 2.11. The molecule has 0 radical (unpaired) electrons. The van der Waals surface area contributed by atoms with Gasteiger partial charge in [-0.1, -0.05) is 0 Å². The van der Waals surface area contributed by atoms with Crippen molar-refractivity contribution in [2.75, 3.05) is 27.7 Å². The van der Waals surface area contributed by atoms with E-state index in [1.807, 2.05) is 20.2 Å². The second-order valence-electron chi connectivity index (χ2n) is 3.64. The summed E-state index contributed by atoms with van der Waals surface area (Å²) in [7, 11) is 5.62. The molecule has 0 saturated carbocycles. The van der Waals surface area contributed by atoms with Gasteiger partial charge in [0.25, 0.3) is 0 Å². The topological polar surface area (TPSA) is 63.4 Å². The molecule has 1 heterocycles. The molecule has 0 fully saturated rings. The van der Waals surface area contributed by atoms with Crippen LogP contribution in [-0.2, 0) is 0 Å². The van der Waals surface area contributed by atoms with Gasteiger partial charge < -0.3 is 9.64 Å². The number of methoxy groups -OCH3 is 1. The third-order valence-corrected chi connectivity index (χ3v) is 2.12. The summed E-state index contributed by atoms with van der Waals surface area (Å²) in [4.78, 5) is 6.15. The Labute approximate surface area is 90.2 Å². The Morgan fingerprint density at radius 3 is 2.80 bits per heavy atom. The number of rotatable bonds is 5. The summed E-state index contributed by atoms with van der Waals surface area (Å²) in [5.41, 5.74) is 3.78. The number of nitrogens with one attached hydrogen (secondary N) is 1. The van der Waals surface area contributed by atoms with Crippen LogP contribution in [0.3, 0.4) is 0 Å². The van der Waals surface area contributed by atoms with Crippen LogP contribution in [0.1, 0.15) is 11.6 Å². The van der Waals surface area contributed by atoms with E-state index in [0.717, 1.165) is 17.9 Å². The smallest absolute Gasteiger partial charge is 0.137 e. The highest BCUT2D eigenvalue weighted by atomic mass is 16.5. The van der Waals surface area contributed by atoms with Crippen LogP contribution in [-0.4, -0.2) is 37.6 Å². The minimum Gasteiger partial charge on any atom is -0.495 e. The largest absolute Gasteiger partial charge is 0.495 e. The lowest BCUT2D eigenvalue weighted by Gasteiger charge is -2.20. The van der Waals surface area contributed by atoms with Crippen molar-refractivity contribution >= 4 is 0 Å². The van der Waals surface area contributed by atoms with E-state index in [9.17, 15) is 0 Å². The Bertz CT molecular complexity index is 303. The van der Waals surface area contributed by atoms with Crippen LogP contribution in [0.25, 0.3) is 0 Å². The summed E-state index contributed by atoms with van der Waals surface area (Å²) in [6.45, 7) is 0.811. The van der Waals surface area contributed by atoms with Crippen LogP contribution >= 0.6 is 0 Å². The first kappa shape index (κ1) is 11.9. The Morgan fingerprint density at radius 2 is 2.27 bits per heavy atom. The molecular weight excluding hydrogens is 192 g/mol. The molecule has 0 aromatic carbocycles. The first-order valence-electron chi connectivity index (χ1n) is 4.77. The molecular formula is C10H18N4O. The van der Waals surface area contributed by atoms with Crippen LogP contribution in [0.2, 0.25) is 0 Å². The van der Waals surface area contributed by atoms with Crippen LogP contribution in [0, 0.1) is 0 Å². The van der Waals surface area contributed by atoms with E-state index in [0.29, 0.717) is 0 Å². The fourth-order valence-electron chi connectivity index (χ4n) is 1.36. The van der Waals surface area contributed by atoms with Gasteiger partial charge in [0.05, 0.1) is 19.3 Å². The molecule has 0 spiro atoms. The number of aromatic nitrogens is 1. The predicted octanol–water partition coefficient (Wildman–Crippen LogP) is 0.156. The summed E-state index contributed by atoms with van der Waals surface area (Å²) < 4.78 is 5.11. The fourth-order valence-corrected chi connectivity index (χ4v) is 1.36. The van der Waals surface area contributed by atoms with Crippen molar-refractivity contribution in [2.24, 2.45) is 5.84 Å². The molecule has 5 heteroatoms. The van der Waals surface area contributed by atoms with Crippen LogP contribution in [0.15, 0.2) is 18.5 Å². The van der Waals surface area contributed by atoms with E-state index in [2.05, 4.69) is 15.3 Å². The van der Waals surface area contributed by atoms with E-state index in [4.69, 9.17) is 10.6 Å². The molecule has 0 amide bonds. The number of ether oxygens (including phenoxy) is 1. The molecule has 1 atom stereocenters. The van der Waals surface area contributed by atoms with Gasteiger partial charge in [0.2, 0.25) is 0 Å². The normalized spacial score (nSPS) is 12.9. The van der Waals surface area contributed by atoms with Crippen molar-refractivity contribution in [2.45, 2.75) is 6.04 Å². The molecule has 0 aliphatic carbocycles. The summed E-state index contributed by atoms with van der Waals surface area (Å²) in [6.07, 6.45) is 3.46. The van der Waals surface area contributed by atoms with Gasteiger partial charge in [0.15, 0.2) is 0 Å². The van der Waals surface area contributed by atoms with Gasteiger partial charge in [-0.05, 0) is 25.7 Å². The molecule has 1 rings (SSSR count). The van der Waals surface area contributed by atoms with Gasteiger partial charge >= 0.3 is 0 Å². The van der Waals surface area contributed by atoms with Gasteiger partial charge in [-0.2, -0.15) is 0 Å². The molecule has 5 nitrogen and oxygen atoms in total. The highest BCUT2D eigenvalue weighted by molar-refractivity contribution is 5.26. The van der Waals surface area contributed by atoms with Crippen molar-refractivity contribution in [1.82, 2.24) is 15.3 Å². The van der Waals surface area contributed by atoms with Crippen LogP contribution in [0.4, 0.5) is 0 Å². The minimum atomic E-state index is 0.0580. The van der Waals surface area contributed by atoms with Gasteiger partial charge in [-0.3, -0.25) is 16.3 Å². The molecule has 0 aliphatic rings. The number of hydrogen-bond donors (Lipinski definition) is 2. The van der Waals surface area contributed by atoms with Crippen molar-refractivity contribution in [1.29, 1.82) is 0 Å². The molecule has 0 saturated heterocycles. The molecule has 1 aromatic rings. The van der Waals surface area contributed by atoms with Crippen LogP contribution in [0.5, 0.6) is 5.75 Å². The lowest BCUT2D eigenvalue weighted by molar-refractivity contribution is 0.342. The van der Waals surface area contributed by atoms with Crippen molar-refractivity contribution in [3.05, 3.63) is 24.0 Å². The Hall–Kier alpha value is -1.17. The van der Waals surface area contributed by atoms with E-state index >= 15 is 0 Å². The third kappa shape index (κ3) is 3.47. The van der Waals surface area contributed by atoms with Gasteiger partial charge in [0.1, 0.15) is 5.75 Å². The monoisotopic (exact) mass is 210 g/mol. The molecule has 3 N–H and O–H groups in total. The summed E-state index contributed by atoms with van der Waals surface area (Å²) in [5, 5.41) is 0. The fraction of sp³-hybridized carbons (Fsp3) is 0.500. The third-order valence-electron chi connectivity index (χ3n) is 2.12. The zero-order valence-electron chi connectivity index (χ0n) is 9.40. The zero-order chi connectivity index (χ0) is 11.3. The van der Waals surface area contributed by atoms with Crippen molar-refractivity contribution in [3.8, 4) is 5.75 Å². The van der Waals surface area contributed by atoms with Gasteiger partial charge in [0, 0.05) is 12.7 Å². The molecule has 0 aliphatic heterocycles. The van der Waals surface area contributed by atoms with Crippen LogP contribution < -0.4 is 16.0 Å². The average Bonchev–Trinajstić information content (AvgIpc) is 2.25. The lowest BCUT2D eigenvalue weighted by Crippen LogP contribution is -2.35. The first-order chi connectivity index (χ1) is 7.17. The second-order valence-corrected chi connectivity index (χ2v) is 3.64. The van der Waals surface area contributed by atoms with Crippen molar-refractivity contribution < 1.29 is 4.74 Å². The first-order valence-corrected chi connectivity index (χ1v) is 4.77. The molecule has 0 bridgehead atoms. The number of pyridine rings is 1. The predicted molar refractivity (Wildman–Crippen MR) is 59.4 cm³/mol. The lowest BCUT2D eigenvalue weighted by atomic mass is 10.1. The number of likely N-dealkylation sites (N-methyl/N-ethyl adjacent to an activating group) is 1. The molecule has 15 heavy (non-hydrogen) atoms. The maximum atomic E-state index is 5.50. The maximum Gasteiger partial charge on any atom is 0.137 e. The van der Waals surface area contributed by atoms with E-state index in [1.54, 1.807) is 19.5 Å². The minimum absolute atomic E-state index is 0.0580. The highest BCUT2D eigenvalue weighted by Crippen LogP contribution is 2.17. The van der Waals surface area contributed by atoms with E-state index < -0.39 is 0 Å². The van der Waals surface area contributed by atoms with Gasteiger partial charge in [-0.15, -0.1) is 0 Å².